The summed E-state index contributed by atoms with van der Waals surface area (Å²) in [5.41, 5.74) is 0.995. The molecule has 1 heterocycles. The molecule has 2 nitrogen and oxygen atoms in total. The van der Waals surface area contributed by atoms with Crippen molar-refractivity contribution in [2.45, 2.75) is 12.7 Å². The van der Waals surface area contributed by atoms with Crippen LogP contribution in [0.25, 0.3) is 0 Å². The molecule has 0 fully saturated rings. The van der Waals surface area contributed by atoms with Crippen molar-refractivity contribution in [3.05, 3.63) is 28.8 Å². The molecular formula is C9H8ClO2. The lowest BCUT2D eigenvalue weighted by molar-refractivity contribution is -0.0367. The highest BCUT2D eigenvalue weighted by atomic mass is 35.5. The molecule has 2 rings (SSSR count). The predicted molar refractivity (Wildman–Crippen MR) is 45.4 cm³/mol. The van der Waals surface area contributed by atoms with Crippen LogP contribution >= 0.6 is 11.6 Å². The van der Waals surface area contributed by atoms with Gasteiger partial charge in [-0.25, -0.2) is 0 Å². The molecule has 3 heteroatoms. The van der Waals surface area contributed by atoms with Crippen LogP contribution in [0, 0.1) is 6.07 Å². The van der Waals surface area contributed by atoms with Crippen LogP contribution in [0.4, 0.5) is 0 Å². The number of fused-ring (bicyclic) bond motifs is 1. The van der Waals surface area contributed by atoms with E-state index >= 15 is 0 Å². The van der Waals surface area contributed by atoms with Gasteiger partial charge in [0, 0.05) is 19.1 Å². The van der Waals surface area contributed by atoms with Crippen molar-refractivity contribution >= 4 is 11.6 Å². The van der Waals surface area contributed by atoms with E-state index in [1.165, 1.54) is 0 Å². The van der Waals surface area contributed by atoms with E-state index in [0.717, 1.165) is 12.0 Å². The Hall–Kier alpha value is -0.730. The Kier molecular flexibility index (Phi) is 1.95. The summed E-state index contributed by atoms with van der Waals surface area (Å²) in [5, 5.41) is 0.628. The normalized spacial score (nSPS) is 20.3. The highest BCUT2D eigenvalue weighted by Crippen LogP contribution is 2.35. The summed E-state index contributed by atoms with van der Waals surface area (Å²) in [6.45, 7) is 0. The van der Waals surface area contributed by atoms with Gasteiger partial charge in [-0.15, -0.1) is 0 Å². The number of methoxy groups -OCH3 is 1. The zero-order valence-electron chi connectivity index (χ0n) is 6.63. The van der Waals surface area contributed by atoms with Gasteiger partial charge < -0.3 is 9.47 Å². The van der Waals surface area contributed by atoms with Crippen LogP contribution in [0.5, 0.6) is 5.75 Å². The second kappa shape index (κ2) is 2.96. The Morgan fingerprint density at radius 2 is 2.58 bits per heavy atom. The SMILES string of the molecule is COC1Cc2[c]ccc(Cl)c2O1. The first kappa shape index (κ1) is 7.90. The second-order valence-corrected chi connectivity index (χ2v) is 3.03. The molecule has 0 spiro atoms. The molecule has 1 aromatic carbocycles. The summed E-state index contributed by atoms with van der Waals surface area (Å²) in [6.07, 6.45) is 0.531. The van der Waals surface area contributed by atoms with Gasteiger partial charge in [0.25, 0.3) is 0 Å². The summed E-state index contributed by atoms with van der Waals surface area (Å²) in [5.74, 6) is 0.714. The fourth-order valence-corrected chi connectivity index (χ4v) is 1.47. The fourth-order valence-electron chi connectivity index (χ4n) is 1.25. The van der Waals surface area contributed by atoms with Crippen LogP contribution in [0.1, 0.15) is 5.56 Å². The fraction of sp³-hybridized carbons (Fsp3) is 0.333. The van der Waals surface area contributed by atoms with Crippen LogP contribution < -0.4 is 4.74 Å². The maximum absolute atomic E-state index is 5.89. The molecule has 1 aliphatic heterocycles. The van der Waals surface area contributed by atoms with Crippen molar-refractivity contribution in [3.8, 4) is 5.75 Å². The van der Waals surface area contributed by atoms with E-state index in [0.29, 0.717) is 10.8 Å². The average Bonchev–Trinajstić information content (AvgIpc) is 2.49. The van der Waals surface area contributed by atoms with Crippen molar-refractivity contribution < 1.29 is 9.47 Å². The smallest absolute Gasteiger partial charge is 0.203 e. The van der Waals surface area contributed by atoms with Gasteiger partial charge in [-0.2, -0.15) is 0 Å². The second-order valence-electron chi connectivity index (χ2n) is 2.62. The Bertz CT molecular complexity index is 299. The number of hydrogen-bond donors (Lipinski definition) is 0. The van der Waals surface area contributed by atoms with Crippen LogP contribution in [-0.4, -0.2) is 13.4 Å². The third-order valence-electron chi connectivity index (χ3n) is 1.86. The number of hydrogen-bond acceptors (Lipinski definition) is 2. The molecule has 12 heavy (non-hydrogen) atoms. The van der Waals surface area contributed by atoms with Crippen molar-refractivity contribution in [2.24, 2.45) is 0 Å². The third kappa shape index (κ3) is 1.17. The van der Waals surface area contributed by atoms with E-state index in [4.69, 9.17) is 21.1 Å². The number of rotatable bonds is 1. The monoisotopic (exact) mass is 183 g/mol. The molecule has 0 aliphatic carbocycles. The lowest BCUT2D eigenvalue weighted by Crippen LogP contribution is -2.14. The molecule has 0 amide bonds. The van der Waals surface area contributed by atoms with Gasteiger partial charge in [-0.05, 0) is 12.1 Å². The first-order valence-corrected chi connectivity index (χ1v) is 4.07. The van der Waals surface area contributed by atoms with Crippen molar-refractivity contribution in [1.29, 1.82) is 0 Å². The molecule has 0 saturated carbocycles. The van der Waals surface area contributed by atoms with E-state index in [1.807, 2.05) is 0 Å². The van der Waals surface area contributed by atoms with E-state index in [2.05, 4.69) is 6.07 Å². The molecule has 0 bridgehead atoms. The van der Waals surface area contributed by atoms with Crippen molar-refractivity contribution in [1.82, 2.24) is 0 Å². The number of benzene rings is 1. The maximum atomic E-state index is 5.89. The van der Waals surface area contributed by atoms with Crippen LogP contribution in [0.3, 0.4) is 0 Å². The van der Waals surface area contributed by atoms with Crippen molar-refractivity contribution in [3.63, 3.8) is 0 Å². The molecule has 63 valence electrons. The van der Waals surface area contributed by atoms with E-state index in [1.54, 1.807) is 19.2 Å². The largest absolute Gasteiger partial charge is 0.463 e. The number of ether oxygens (including phenoxy) is 2. The van der Waals surface area contributed by atoms with E-state index in [-0.39, 0.29) is 6.29 Å². The molecular weight excluding hydrogens is 176 g/mol. The molecule has 1 atom stereocenters. The van der Waals surface area contributed by atoms with Crippen LogP contribution in [0.2, 0.25) is 5.02 Å². The van der Waals surface area contributed by atoms with Gasteiger partial charge in [0.1, 0.15) is 5.75 Å². The molecule has 1 radical (unpaired) electrons. The zero-order chi connectivity index (χ0) is 8.55. The average molecular weight is 184 g/mol. The summed E-state index contributed by atoms with van der Waals surface area (Å²) >= 11 is 5.89. The van der Waals surface area contributed by atoms with Gasteiger partial charge >= 0.3 is 0 Å². The predicted octanol–water partition coefficient (Wildman–Crippen LogP) is 2.05. The van der Waals surface area contributed by atoms with Gasteiger partial charge in [0.05, 0.1) is 5.02 Å². The first-order valence-electron chi connectivity index (χ1n) is 3.70. The summed E-state index contributed by atoms with van der Waals surface area (Å²) in [4.78, 5) is 0. The minimum Gasteiger partial charge on any atom is -0.463 e. The Morgan fingerprint density at radius 3 is 3.25 bits per heavy atom. The minimum atomic E-state index is -0.198. The molecule has 0 N–H and O–H groups in total. The quantitative estimate of drug-likeness (QED) is 0.664. The molecule has 1 aliphatic rings. The van der Waals surface area contributed by atoms with Gasteiger partial charge in [0.2, 0.25) is 6.29 Å². The summed E-state index contributed by atoms with van der Waals surface area (Å²) < 4.78 is 10.4. The van der Waals surface area contributed by atoms with Gasteiger partial charge in [-0.1, -0.05) is 17.7 Å². The lowest BCUT2D eigenvalue weighted by Gasteiger charge is -2.07. The molecule has 0 saturated heterocycles. The highest BCUT2D eigenvalue weighted by molar-refractivity contribution is 6.32. The third-order valence-corrected chi connectivity index (χ3v) is 2.16. The Balaban J connectivity index is 2.35. The maximum Gasteiger partial charge on any atom is 0.203 e. The topological polar surface area (TPSA) is 18.5 Å². The Labute approximate surface area is 76.1 Å². The van der Waals surface area contributed by atoms with Crippen LogP contribution in [0.15, 0.2) is 12.1 Å². The zero-order valence-corrected chi connectivity index (χ0v) is 7.39. The van der Waals surface area contributed by atoms with Gasteiger partial charge in [-0.3, -0.25) is 0 Å². The summed E-state index contributed by atoms with van der Waals surface area (Å²) in [6, 6.07) is 6.62. The van der Waals surface area contributed by atoms with Crippen LogP contribution in [-0.2, 0) is 11.2 Å². The standard InChI is InChI=1S/C9H8ClO2/c1-11-8-5-6-3-2-4-7(10)9(6)12-8/h2,4,8H,5H2,1H3. The Morgan fingerprint density at radius 1 is 1.75 bits per heavy atom. The van der Waals surface area contributed by atoms with E-state index < -0.39 is 0 Å². The molecule has 0 aromatic heterocycles. The summed E-state index contributed by atoms with van der Waals surface area (Å²) in [7, 11) is 1.62. The highest BCUT2D eigenvalue weighted by Gasteiger charge is 2.24. The van der Waals surface area contributed by atoms with Gasteiger partial charge in [0.15, 0.2) is 0 Å². The molecule has 1 aromatic rings. The number of halogens is 1. The lowest BCUT2D eigenvalue weighted by atomic mass is 10.2. The van der Waals surface area contributed by atoms with Crippen molar-refractivity contribution in [2.75, 3.05) is 7.11 Å². The molecule has 1 unspecified atom stereocenters. The van der Waals surface area contributed by atoms with E-state index in [9.17, 15) is 0 Å². The first-order chi connectivity index (χ1) is 5.81. The minimum absolute atomic E-state index is 0.198.